The molecule has 126 valence electrons. The number of aliphatic carboxylic acids is 1. The molecule has 2 N–H and O–H groups in total. The van der Waals surface area contributed by atoms with Crippen LogP contribution in [0, 0.1) is 5.41 Å². The Kier molecular flexibility index (Phi) is 4.14. The summed E-state index contributed by atoms with van der Waals surface area (Å²) in [5.74, 6) is -0.868. The highest BCUT2D eigenvalue weighted by atomic mass is 35.5. The summed E-state index contributed by atoms with van der Waals surface area (Å²) in [7, 11) is 0. The van der Waals surface area contributed by atoms with E-state index in [1.54, 1.807) is 39.0 Å². The molecule has 1 amide bonds. The lowest BCUT2D eigenvalue weighted by molar-refractivity contribution is -0.141. The summed E-state index contributed by atoms with van der Waals surface area (Å²) < 4.78 is 5.20. The fourth-order valence-corrected chi connectivity index (χ4v) is 3.06. The number of amides is 1. The first kappa shape index (κ1) is 17.6. The molecule has 1 aliphatic carbocycles. The number of carboxylic acid groups (broad SMARTS) is 1. The molecule has 0 aromatic heterocycles. The number of rotatable bonds is 3. The molecule has 23 heavy (non-hydrogen) atoms. The molecular formula is C17H22ClNO4. The number of anilines is 1. The molecule has 1 aromatic rings. The first-order valence-electron chi connectivity index (χ1n) is 7.42. The first-order chi connectivity index (χ1) is 10.4. The van der Waals surface area contributed by atoms with E-state index < -0.39 is 23.1 Å². The van der Waals surface area contributed by atoms with Gasteiger partial charge in [-0.2, -0.15) is 0 Å². The fraction of sp³-hybridized carbons (Fsp3) is 0.529. The van der Waals surface area contributed by atoms with Crippen molar-refractivity contribution in [1.29, 1.82) is 0 Å². The number of benzene rings is 1. The number of carboxylic acids is 1. The van der Waals surface area contributed by atoms with Gasteiger partial charge in [-0.25, -0.2) is 4.79 Å². The van der Waals surface area contributed by atoms with Crippen LogP contribution in [0.15, 0.2) is 18.2 Å². The molecule has 1 fully saturated rings. The van der Waals surface area contributed by atoms with Crippen LogP contribution in [0.25, 0.3) is 0 Å². The van der Waals surface area contributed by atoms with Gasteiger partial charge >= 0.3 is 12.1 Å². The monoisotopic (exact) mass is 339 g/mol. The maximum absolute atomic E-state index is 11.9. The zero-order valence-corrected chi connectivity index (χ0v) is 14.7. The summed E-state index contributed by atoms with van der Waals surface area (Å²) in [6.07, 6.45) is -0.0842. The van der Waals surface area contributed by atoms with Gasteiger partial charge in [-0.05, 0) is 50.3 Å². The summed E-state index contributed by atoms with van der Waals surface area (Å²) in [5.41, 5.74) is -0.931. The van der Waals surface area contributed by atoms with Crippen molar-refractivity contribution in [2.75, 3.05) is 5.32 Å². The van der Waals surface area contributed by atoms with E-state index in [1.165, 1.54) is 0 Å². The normalized spacial score (nSPS) is 22.3. The molecule has 2 rings (SSSR count). The van der Waals surface area contributed by atoms with Crippen molar-refractivity contribution >= 4 is 29.4 Å². The quantitative estimate of drug-likeness (QED) is 0.853. The molecule has 5 nitrogen and oxygen atoms in total. The second kappa shape index (κ2) is 5.41. The van der Waals surface area contributed by atoms with Gasteiger partial charge in [0.1, 0.15) is 5.60 Å². The Morgan fingerprint density at radius 1 is 1.30 bits per heavy atom. The SMILES string of the molecule is CC(C)(C)OC(=O)Nc1cc(C2(C(=O)O)CC2(C)C)ccc1Cl. The Labute approximate surface area is 141 Å². The van der Waals surface area contributed by atoms with E-state index in [9.17, 15) is 14.7 Å². The lowest BCUT2D eigenvalue weighted by atomic mass is 9.88. The number of carbonyl (C=O) groups excluding carboxylic acids is 1. The van der Waals surface area contributed by atoms with Crippen LogP contribution in [0.3, 0.4) is 0 Å². The summed E-state index contributed by atoms with van der Waals surface area (Å²) >= 11 is 6.11. The van der Waals surface area contributed by atoms with Crippen molar-refractivity contribution in [3.8, 4) is 0 Å². The number of halogens is 1. The standard InChI is InChI=1S/C17H22ClNO4/c1-15(2,3)23-14(22)19-12-8-10(6-7-11(12)18)17(13(20)21)9-16(17,4)5/h6-8H,9H2,1-5H3,(H,19,22)(H,20,21). The van der Waals surface area contributed by atoms with Gasteiger partial charge in [0.05, 0.1) is 16.1 Å². The van der Waals surface area contributed by atoms with E-state index >= 15 is 0 Å². The zero-order chi connectivity index (χ0) is 17.6. The molecular weight excluding hydrogens is 318 g/mol. The minimum Gasteiger partial charge on any atom is -0.481 e. The van der Waals surface area contributed by atoms with Gasteiger partial charge < -0.3 is 9.84 Å². The summed E-state index contributed by atoms with van der Waals surface area (Å²) in [6, 6.07) is 4.92. The van der Waals surface area contributed by atoms with E-state index in [0.29, 0.717) is 22.7 Å². The summed E-state index contributed by atoms with van der Waals surface area (Å²) in [6.45, 7) is 9.11. The van der Waals surface area contributed by atoms with Gasteiger partial charge in [0.2, 0.25) is 0 Å². The van der Waals surface area contributed by atoms with Crippen LogP contribution in [-0.2, 0) is 14.9 Å². The molecule has 0 saturated heterocycles. The minimum absolute atomic E-state index is 0.332. The number of hydrogen-bond donors (Lipinski definition) is 2. The lowest BCUT2D eigenvalue weighted by Gasteiger charge is -2.21. The largest absolute Gasteiger partial charge is 0.481 e. The molecule has 1 saturated carbocycles. The molecule has 0 aliphatic heterocycles. The molecule has 1 unspecified atom stereocenters. The average Bonchev–Trinajstić information content (AvgIpc) is 2.94. The van der Waals surface area contributed by atoms with E-state index in [1.807, 2.05) is 13.8 Å². The highest BCUT2D eigenvalue weighted by molar-refractivity contribution is 6.33. The lowest BCUT2D eigenvalue weighted by Crippen LogP contribution is -2.28. The number of hydrogen-bond acceptors (Lipinski definition) is 3. The molecule has 1 aromatic carbocycles. The Balaban J connectivity index is 2.31. The third kappa shape index (κ3) is 3.29. The predicted molar refractivity (Wildman–Crippen MR) is 89.0 cm³/mol. The van der Waals surface area contributed by atoms with Crippen molar-refractivity contribution in [2.45, 2.75) is 52.1 Å². The van der Waals surface area contributed by atoms with Crippen molar-refractivity contribution < 1.29 is 19.4 Å². The fourth-order valence-electron chi connectivity index (χ4n) is 2.90. The van der Waals surface area contributed by atoms with E-state index in [-0.39, 0.29) is 5.41 Å². The molecule has 0 spiro atoms. The molecule has 0 radical (unpaired) electrons. The smallest absolute Gasteiger partial charge is 0.412 e. The van der Waals surface area contributed by atoms with E-state index in [2.05, 4.69) is 5.32 Å². The van der Waals surface area contributed by atoms with Crippen LogP contribution in [0.1, 0.15) is 46.6 Å². The van der Waals surface area contributed by atoms with E-state index in [4.69, 9.17) is 16.3 Å². The van der Waals surface area contributed by atoms with Gasteiger partial charge in [0, 0.05) is 0 Å². The molecule has 0 heterocycles. The van der Waals surface area contributed by atoms with Crippen LogP contribution in [0.4, 0.5) is 10.5 Å². The van der Waals surface area contributed by atoms with E-state index in [0.717, 1.165) is 0 Å². The Bertz CT molecular complexity index is 663. The second-order valence-electron chi connectivity index (χ2n) is 7.59. The zero-order valence-electron chi connectivity index (χ0n) is 14.0. The maximum Gasteiger partial charge on any atom is 0.412 e. The van der Waals surface area contributed by atoms with Gasteiger partial charge in [-0.15, -0.1) is 0 Å². The van der Waals surface area contributed by atoms with Gasteiger partial charge in [0.25, 0.3) is 0 Å². The van der Waals surface area contributed by atoms with Crippen LogP contribution in [-0.4, -0.2) is 22.8 Å². The Morgan fingerprint density at radius 3 is 2.30 bits per heavy atom. The first-order valence-corrected chi connectivity index (χ1v) is 7.80. The van der Waals surface area contributed by atoms with Crippen molar-refractivity contribution in [1.82, 2.24) is 0 Å². The van der Waals surface area contributed by atoms with Crippen LogP contribution in [0.5, 0.6) is 0 Å². The molecule has 1 atom stereocenters. The van der Waals surface area contributed by atoms with Gasteiger partial charge in [-0.3, -0.25) is 10.1 Å². The summed E-state index contributed by atoms with van der Waals surface area (Å²) in [4.78, 5) is 23.7. The van der Waals surface area contributed by atoms with Gasteiger partial charge in [0.15, 0.2) is 0 Å². The Hall–Kier alpha value is -1.75. The minimum atomic E-state index is -0.943. The Morgan fingerprint density at radius 2 is 1.87 bits per heavy atom. The number of ether oxygens (including phenoxy) is 1. The van der Waals surface area contributed by atoms with Crippen molar-refractivity contribution in [2.24, 2.45) is 5.41 Å². The summed E-state index contributed by atoms with van der Waals surface area (Å²) in [5, 5.41) is 12.6. The van der Waals surface area contributed by atoms with Crippen molar-refractivity contribution in [3.63, 3.8) is 0 Å². The number of carbonyl (C=O) groups is 2. The maximum atomic E-state index is 11.9. The van der Waals surface area contributed by atoms with Crippen LogP contribution >= 0.6 is 11.6 Å². The average molecular weight is 340 g/mol. The van der Waals surface area contributed by atoms with Gasteiger partial charge in [-0.1, -0.05) is 31.5 Å². The topological polar surface area (TPSA) is 75.6 Å². The third-order valence-electron chi connectivity index (χ3n) is 4.20. The van der Waals surface area contributed by atoms with Crippen LogP contribution < -0.4 is 5.32 Å². The third-order valence-corrected chi connectivity index (χ3v) is 4.53. The van der Waals surface area contributed by atoms with Crippen molar-refractivity contribution in [3.05, 3.63) is 28.8 Å². The molecule has 0 bridgehead atoms. The second-order valence-corrected chi connectivity index (χ2v) is 8.00. The molecule has 6 heteroatoms. The molecule has 1 aliphatic rings. The van der Waals surface area contributed by atoms with Crippen LogP contribution in [0.2, 0.25) is 5.02 Å². The predicted octanol–water partition coefficient (Wildman–Crippen LogP) is 4.44. The highest BCUT2D eigenvalue weighted by Crippen LogP contribution is 2.64. The highest BCUT2D eigenvalue weighted by Gasteiger charge is 2.67. The number of nitrogens with one attached hydrogen (secondary N) is 1.